The van der Waals surface area contributed by atoms with Crippen LogP contribution in [0.15, 0.2) is 34.2 Å². The number of hydrogen-bond acceptors (Lipinski definition) is 4. The lowest BCUT2D eigenvalue weighted by Gasteiger charge is -2.39. The minimum atomic E-state index is -3.06. The average molecular weight is 402 g/mol. The van der Waals surface area contributed by atoms with Gasteiger partial charge < -0.3 is 10.2 Å². The number of rotatable bonds is 6. The van der Waals surface area contributed by atoms with Crippen molar-refractivity contribution in [3.8, 4) is 0 Å². The fourth-order valence-electron chi connectivity index (χ4n) is 2.72. The van der Waals surface area contributed by atoms with Gasteiger partial charge in [0.05, 0.1) is 10.5 Å². The SMILES string of the molecule is CCNC(=NCCCSc1ccc(F)cc1)N1CCS(=O)(=O)C(C)(C)C1. The molecule has 0 radical (unpaired) electrons. The van der Waals surface area contributed by atoms with Crippen LogP contribution in [0.4, 0.5) is 4.39 Å². The maximum absolute atomic E-state index is 12.9. The normalized spacial score (nSPS) is 19.4. The molecule has 0 amide bonds. The Balaban J connectivity index is 1.87. The van der Waals surface area contributed by atoms with Crippen LogP contribution in [0.25, 0.3) is 0 Å². The van der Waals surface area contributed by atoms with Gasteiger partial charge in [-0.1, -0.05) is 0 Å². The lowest BCUT2D eigenvalue weighted by atomic mass is 10.2. The largest absolute Gasteiger partial charge is 0.357 e. The molecule has 0 bridgehead atoms. The standard InChI is InChI=1S/C18H28FN3O2S2/c1-4-20-17(22-11-13-26(23,24)18(2,3)14-22)21-10-5-12-25-16-8-6-15(19)7-9-16/h6-9H,4-5,10-14H2,1-3H3,(H,20,21). The number of benzene rings is 1. The summed E-state index contributed by atoms with van der Waals surface area (Å²) >= 11 is 1.68. The second kappa shape index (κ2) is 9.08. The number of halogens is 1. The van der Waals surface area contributed by atoms with Crippen LogP contribution in [-0.4, -0.2) is 61.7 Å². The molecule has 1 saturated heterocycles. The smallest absolute Gasteiger partial charge is 0.193 e. The van der Waals surface area contributed by atoms with E-state index in [2.05, 4.69) is 10.3 Å². The van der Waals surface area contributed by atoms with Gasteiger partial charge in [-0.15, -0.1) is 11.8 Å². The molecule has 1 aromatic carbocycles. The molecule has 0 spiro atoms. The van der Waals surface area contributed by atoms with Crippen LogP contribution in [0.2, 0.25) is 0 Å². The number of aliphatic imine (C=N–C) groups is 1. The van der Waals surface area contributed by atoms with Gasteiger partial charge in [0, 0.05) is 31.1 Å². The Bertz CT molecular complexity index is 718. The van der Waals surface area contributed by atoms with Gasteiger partial charge in [-0.05, 0) is 57.2 Å². The molecule has 26 heavy (non-hydrogen) atoms. The number of hydrogen-bond donors (Lipinski definition) is 1. The van der Waals surface area contributed by atoms with Crippen LogP contribution < -0.4 is 5.32 Å². The summed E-state index contributed by atoms with van der Waals surface area (Å²) in [5.41, 5.74) is 0. The van der Waals surface area contributed by atoms with E-state index in [9.17, 15) is 12.8 Å². The number of guanidine groups is 1. The molecule has 1 aliphatic rings. The van der Waals surface area contributed by atoms with E-state index in [0.29, 0.717) is 19.6 Å². The molecule has 146 valence electrons. The summed E-state index contributed by atoms with van der Waals surface area (Å²) in [6.45, 7) is 7.89. The first kappa shape index (κ1) is 21.0. The second-order valence-electron chi connectivity index (χ2n) is 6.89. The molecule has 0 aliphatic carbocycles. The quantitative estimate of drug-likeness (QED) is 0.344. The summed E-state index contributed by atoms with van der Waals surface area (Å²) in [4.78, 5) is 7.74. The van der Waals surface area contributed by atoms with Gasteiger partial charge in [0.1, 0.15) is 5.82 Å². The van der Waals surface area contributed by atoms with Crippen molar-refractivity contribution in [2.75, 3.05) is 37.7 Å². The van der Waals surface area contributed by atoms with E-state index in [1.165, 1.54) is 12.1 Å². The van der Waals surface area contributed by atoms with Gasteiger partial charge in [0.15, 0.2) is 15.8 Å². The van der Waals surface area contributed by atoms with Crippen molar-refractivity contribution in [1.82, 2.24) is 10.2 Å². The topological polar surface area (TPSA) is 61.8 Å². The van der Waals surface area contributed by atoms with Crippen molar-refractivity contribution in [2.45, 2.75) is 36.8 Å². The molecular formula is C18H28FN3O2S2. The van der Waals surface area contributed by atoms with E-state index in [1.54, 1.807) is 37.7 Å². The van der Waals surface area contributed by atoms with E-state index in [4.69, 9.17) is 0 Å². The van der Waals surface area contributed by atoms with Gasteiger partial charge in [-0.3, -0.25) is 4.99 Å². The third-order valence-electron chi connectivity index (χ3n) is 4.32. The van der Waals surface area contributed by atoms with Crippen molar-refractivity contribution >= 4 is 27.6 Å². The highest BCUT2D eigenvalue weighted by molar-refractivity contribution is 7.99. The van der Waals surface area contributed by atoms with Crippen molar-refractivity contribution in [3.63, 3.8) is 0 Å². The van der Waals surface area contributed by atoms with Gasteiger partial charge in [-0.25, -0.2) is 12.8 Å². The highest BCUT2D eigenvalue weighted by Crippen LogP contribution is 2.24. The van der Waals surface area contributed by atoms with Crippen molar-refractivity contribution in [1.29, 1.82) is 0 Å². The number of nitrogens with zero attached hydrogens (tertiary/aromatic N) is 2. The van der Waals surface area contributed by atoms with Crippen molar-refractivity contribution in [3.05, 3.63) is 30.1 Å². The summed E-state index contributed by atoms with van der Waals surface area (Å²) in [5.74, 6) is 1.61. The Morgan fingerprint density at radius 3 is 2.65 bits per heavy atom. The molecule has 0 aromatic heterocycles. The first-order valence-corrected chi connectivity index (χ1v) is 11.5. The van der Waals surface area contributed by atoms with Crippen LogP contribution >= 0.6 is 11.8 Å². The third kappa shape index (κ3) is 5.61. The Morgan fingerprint density at radius 2 is 2.04 bits per heavy atom. The lowest BCUT2D eigenvalue weighted by molar-refractivity contribution is 0.353. The third-order valence-corrected chi connectivity index (χ3v) is 7.96. The zero-order valence-corrected chi connectivity index (χ0v) is 17.3. The zero-order valence-electron chi connectivity index (χ0n) is 15.7. The Hall–Kier alpha value is -1.28. The van der Waals surface area contributed by atoms with Crippen LogP contribution in [0.1, 0.15) is 27.2 Å². The maximum atomic E-state index is 12.9. The summed E-state index contributed by atoms with van der Waals surface area (Å²) < 4.78 is 36.5. The van der Waals surface area contributed by atoms with E-state index in [0.717, 1.165) is 29.6 Å². The van der Waals surface area contributed by atoms with Crippen molar-refractivity contribution < 1.29 is 12.8 Å². The van der Waals surface area contributed by atoms with Gasteiger partial charge in [0.25, 0.3) is 0 Å². The van der Waals surface area contributed by atoms with Crippen LogP contribution in [0, 0.1) is 5.82 Å². The van der Waals surface area contributed by atoms with E-state index < -0.39 is 14.6 Å². The maximum Gasteiger partial charge on any atom is 0.193 e. The summed E-state index contributed by atoms with van der Waals surface area (Å²) in [6, 6.07) is 6.50. The molecule has 5 nitrogen and oxygen atoms in total. The molecular weight excluding hydrogens is 373 g/mol. The van der Waals surface area contributed by atoms with Crippen LogP contribution in [-0.2, 0) is 9.84 Å². The number of nitrogens with one attached hydrogen (secondary N) is 1. The molecule has 1 heterocycles. The Labute approximate surface area is 160 Å². The minimum Gasteiger partial charge on any atom is -0.357 e. The first-order valence-electron chi connectivity index (χ1n) is 8.89. The monoisotopic (exact) mass is 401 g/mol. The number of sulfone groups is 1. The highest BCUT2D eigenvalue weighted by Gasteiger charge is 2.40. The Kier molecular flexibility index (Phi) is 7.34. The van der Waals surface area contributed by atoms with E-state index in [-0.39, 0.29) is 11.6 Å². The molecule has 1 N–H and O–H groups in total. The molecule has 1 aromatic rings. The number of thioether (sulfide) groups is 1. The van der Waals surface area contributed by atoms with E-state index in [1.807, 2.05) is 11.8 Å². The molecule has 8 heteroatoms. The molecule has 1 fully saturated rings. The predicted molar refractivity (Wildman–Crippen MR) is 107 cm³/mol. The molecule has 0 atom stereocenters. The molecule has 1 aliphatic heterocycles. The molecule has 2 rings (SSSR count). The lowest BCUT2D eigenvalue weighted by Crippen LogP contribution is -2.57. The van der Waals surface area contributed by atoms with Gasteiger partial charge in [0.2, 0.25) is 0 Å². The fourth-order valence-corrected chi connectivity index (χ4v) is 4.92. The minimum absolute atomic E-state index is 0.158. The summed E-state index contributed by atoms with van der Waals surface area (Å²) in [5, 5.41) is 3.26. The molecule has 0 saturated carbocycles. The van der Waals surface area contributed by atoms with Gasteiger partial charge >= 0.3 is 0 Å². The molecule has 0 unspecified atom stereocenters. The summed E-state index contributed by atoms with van der Waals surface area (Å²) in [7, 11) is -3.06. The van der Waals surface area contributed by atoms with Crippen molar-refractivity contribution in [2.24, 2.45) is 4.99 Å². The predicted octanol–water partition coefficient (Wildman–Crippen LogP) is 2.78. The van der Waals surface area contributed by atoms with E-state index >= 15 is 0 Å². The average Bonchev–Trinajstić information content (AvgIpc) is 2.58. The fraction of sp³-hybridized carbons (Fsp3) is 0.611. The van der Waals surface area contributed by atoms with Crippen LogP contribution in [0.5, 0.6) is 0 Å². The van der Waals surface area contributed by atoms with Crippen LogP contribution in [0.3, 0.4) is 0 Å². The highest BCUT2D eigenvalue weighted by atomic mass is 32.2. The van der Waals surface area contributed by atoms with Gasteiger partial charge in [-0.2, -0.15) is 0 Å². The second-order valence-corrected chi connectivity index (χ2v) is 10.8. The zero-order chi connectivity index (χ0) is 19.2. The first-order chi connectivity index (χ1) is 12.2. The Morgan fingerprint density at radius 1 is 1.35 bits per heavy atom. The summed E-state index contributed by atoms with van der Waals surface area (Å²) in [6.07, 6.45) is 0.895.